The number of aryl methyl sites for hydroxylation is 1. The van der Waals surface area contributed by atoms with E-state index in [0.29, 0.717) is 29.3 Å². The fraction of sp³-hybridized carbons (Fsp3) is 0.100. The van der Waals surface area contributed by atoms with E-state index in [-0.39, 0.29) is 17.5 Å². The van der Waals surface area contributed by atoms with Gasteiger partial charge in [-0.15, -0.1) is 0 Å². The molecule has 0 atom stereocenters. The van der Waals surface area contributed by atoms with E-state index in [1.54, 1.807) is 42.5 Å². The topological polar surface area (TPSA) is 137 Å². The van der Waals surface area contributed by atoms with E-state index < -0.39 is 12.0 Å². The Morgan fingerprint density at radius 3 is 2.40 bits per heavy atom. The summed E-state index contributed by atoms with van der Waals surface area (Å²) in [7, 11) is 0. The first-order valence-electron chi connectivity index (χ1n) is 8.77. The fourth-order valence-corrected chi connectivity index (χ4v) is 2.74. The minimum atomic E-state index is -1.20. The maximum Gasteiger partial charge on any atom is 0.409 e. The summed E-state index contributed by atoms with van der Waals surface area (Å²) >= 11 is 3.34. The molecule has 3 aromatic rings. The van der Waals surface area contributed by atoms with E-state index in [1.165, 1.54) is 6.07 Å². The highest BCUT2D eigenvalue weighted by Gasteiger charge is 2.20. The van der Waals surface area contributed by atoms with Gasteiger partial charge in [0, 0.05) is 16.2 Å². The van der Waals surface area contributed by atoms with Crippen molar-refractivity contribution in [3.63, 3.8) is 0 Å². The Bertz CT molecular complexity index is 1090. The van der Waals surface area contributed by atoms with Crippen LogP contribution in [0.3, 0.4) is 0 Å². The van der Waals surface area contributed by atoms with Crippen molar-refractivity contribution in [2.75, 3.05) is 5.32 Å². The summed E-state index contributed by atoms with van der Waals surface area (Å²) in [4.78, 5) is 31.3. The zero-order valence-corrected chi connectivity index (χ0v) is 17.3. The number of amides is 2. The van der Waals surface area contributed by atoms with Crippen LogP contribution in [0.2, 0.25) is 0 Å². The second-order valence-electron chi connectivity index (χ2n) is 5.96. The van der Waals surface area contributed by atoms with Gasteiger partial charge in [0.25, 0.3) is 11.8 Å². The normalized spacial score (nSPS) is 10.3. The molecule has 0 fully saturated rings. The molecule has 9 nitrogen and oxygen atoms in total. The summed E-state index contributed by atoms with van der Waals surface area (Å²) in [5.41, 5.74) is 6.05. The molecular weight excluding hydrogens is 456 g/mol. The van der Waals surface area contributed by atoms with Gasteiger partial charge in [-0.2, -0.15) is 4.98 Å². The average molecular weight is 473 g/mol. The molecule has 0 saturated carbocycles. The minimum absolute atomic E-state index is 0.100. The fourth-order valence-electron chi connectivity index (χ4n) is 2.47. The largest absolute Gasteiger partial charge is 0.465 e. The Labute approximate surface area is 180 Å². The zero-order chi connectivity index (χ0) is 21.7. The Morgan fingerprint density at radius 1 is 1.07 bits per heavy atom. The summed E-state index contributed by atoms with van der Waals surface area (Å²) in [5, 5.41) is 11.1. The second-order valence-corrected chi connectivity index (χ2v) is 6.88. The van der Waals surface area contributed by atoms with Crippen LogP contribution in [0.1, 0.15) is 23.1 Å². The number of primary amides is 1. The van der Waals surface area contributed by atoms with Crippen molar-refractivity contribution in [3.05, 3.63) is 64.4 Å². The molecule has 1 heterocycles. The molecule has 10 heteroatoms. The van der Waals surface area contributed by atoms with Crippen molar-refractivity contribution in [1.82, 2.24) is 9.97 Å². The summed E-state index contributed by atoms with van der Waals surface area (Å²) in [5.74, 6) is -0.0213. The van der Waals surface area contributed by atoms with Gasteiger partial charge >= 0.3 is 6.09 Å². The number of aromatic nitrogens is 2. The molecule has 0 radical (unpaired) electrons. The molecule has 0 unspecified atom stereocenters. The van der Waals surface area contributed by atoms with Crippen molar-refractivity contribution < 1.29 is 24.2 Å². The van der Waals surface area contributed by atoms with Crippen molar-refractivity contribution >= 4 is 33.6 Å². The van der Waals surface area contributed by atoms with Crippen LogP contribution in [0.4, 0.5) is 10.5 Å². The number of nitrogens with two attached hydrogens (primary N) is 1. The molecule has 2 aromatic carbocycles. The summed E-state index contributed by atoms with van der Waals surface area (Å²) in [6.07, 6.45) is -0.786. The number of rotatable bonds is 7. The lowest BCUT2D eigenvalue weighted by molar-refractivity contribution is 0.0992. The molecular formula is C20H17BrN4O5. The van der Waals surface area contributed by atoms with Gasteiger partial charge in [-0.05, 0) is 42.8 Å². The minimum Gasteiger partial charge on any atom is -0.465 e. The van der Waals surface area contributed by atoms with Crippen LogP contribution in [0.5, 0.6) is 23.3 Å². The number of carbonyl (C=O) groups is 2. The monoisotopic (exact) mass is 472 g/mol. The van der Waals surface area contributed by atoms with E-state index >= 15 is 0 Å². The lowest BCUT2D eigenvalue weighted by Gasteiger charge is -2.14. The van der Waals surface area contributed by atoms with Crippen LogP contribution in [-0.4, -0.2) is 27.1 Å². The molecule has 4 N–H and O–H groups in total. The van der Waals surface area contributed by atoms with E-state index in [1.807, 2.05) is 6.92 Å². The zero-order valence-electron chi connectivity index (χ0n) is 15.8. The molecule has 3 rings (SSSR count). The first-order valence-corrected chi connectivity index (χ1v) is 9.57. The van der Waals surface area contributed by atoms with E-state index in [2.05, 4.69) is 31.2 Å². The third kappa shape index (κ3) is 5.23. The summed E-state index contributed by atoms with van der Waals surface area (Å²) in [6.45, 7) is 1.82. The van der Waals surface area contributed by atoms with Crippen molar-refractivity contribution in [1.29, 1.82) is 0 Å². The third-order valence-electron chi connectivity index (χ3n) is 3.80. The Kier molecular flexibility index (Phi) is 6.48. The van der Waals surface area contributed by atoms with E-state index in [9.17, 15) is 9.59 Å². The van der Waals surface area contributed by atoms with Crippen LogP contribution in [-0.2, 0) is 6.42 Å². The number of carboxylic acid groups (broad SMARTS) is 1. The number of carbonyl (C=O) groups excluding carboxylic acids is 1. The van der Waals surface area contributed by atoms with Crippen LogP contribution < -0.4 is 20.5 Å². The van der Waals surface area contributed by atoms with Gasteiger partial charge in [0.05, 0.1) is 0 Å². The van der Waals surface area contributed by atoms with Gasteiger partial charge in [0.2, 0.25) is 5.88 Å². The molecule has 0 aliphatic heterocycles. The summed E-state index contributed by atoms with van der Waals surface area (Å²) in [6, 6.07) is 13.2. The standard InChI is InChI=1S/C20H17BrN4O5/c1-2-15-18(30-14-5-3-4-12(10-14)23-20(27)28)25-19(16(24-15)17(22)26)29-13-8-6-11(21)7-9-13/h3-10,23H,2H2,1H3,(H2,22,26)(H,27,28). The number of hydrogen-bond acceptors (Lipinski definition) is 6. The maximum atomic E-state index is 11.9. The smallest absolute Gasteiger partial charge is 0.409 e. The highest BCUT2D eigenvalue weighted by atomic mass is 79.9. The Hall–Kier alpha value is -3.66. The maximum absolute atomic E-state index is 11.9. The molecule has 2 amide bonds. The quantitative estimate of drug-likeness (QED) is 0.457. The Morgan fingerprint density at radius 2 is 1.77 bits per heavy atom. The molecule has 154 valence electrons. The highest BCUT2D eigenvalue weighted by Crippen LogP contribution is 2.31. The van der Waals surface area contributed by atoms with E-state index in [4.69, 9.17) is 20.3 Å². The number of ether oxygens (including phenoxy) is 2. The molecule has 0 spiro atoms. The molecule has 0 aliphatic rings. The molecule has 0 aliphatic carbocycles. The SMILES string of the molecule is CCc1nc(C(N)=O)c(Oc2ccc(Br)cc2)nc1Oc1cccc(NC(=O)O)c1. The molecule has 1 aromatic heterocycles. The van der Waals surface area contributed by atoms with Gasteiger partial charge in [-0.3, -0.25) is 10.1 Å². The van der Waals surface area contributed by atoms with Crippen LogP contribution in [0, 0.1) is 0 Å². The van der Waals surface area contributed by atoms with Crippen LogP contribution in [0.25, 0.3) is 0 Å². The average Bonchev–Trinajstić information content (AvgIpc) is 2.69. The van der Waals surface area contributed by atoms with Crippen LogP contribution >= 0.6 is 15.9 Å². The number of hydrogen-bond donors (Lipinski definition) is 3. The number of benzene rings is 2. The molecule has 0 saturated heterocycles. The van der Waals surface area contributed by atoms with E-state index in [0.717, 1.165) is 4.47 Å². The number of anilines is 1. The number of nitrogens with one attached hydrogen (secondary N) is 1. The summed E-state index contributed by atoms with van der Waals surface area (Å²) < 4.78 is 12.4. The first-order chi connectivity index (χ1) is 14.4. The van der Waals surface area contributed by atoms with Gasteiger partial charge in [0.15, 0.2) is 5.69 Å². The van der Waals surface area contributed by atoms with Gasteiger partial charge in [-0.1, -0.05) is 28.9 Å². The first kappa shape index (κ1) is 21.1. The van der Waals surface area contributed by atoms with Gasteiger partial charge in [0.1, 0.15) is 17.2 Å². The van der Waals surface area contributed by atoms with Crippen molar-refractivity contribution in [2.24, 2.45) is 5.73 Å². The number of nitrogens with zero attached hydrogens (tertiary/aromatic N) is 2. The predicted octanol–water partition coefficient (Wildman–Crippen LogP) is 4.57. The molecule has 0 bridgehead atoms. The third-order valence-corrected chi connectivity index (χ3v) is 4.32. The second kappa shape index (κ2) is 9.23. The lowest BCUT2D eigenvalue weighted by Crippen LogP contribution is -2.17. The van der Waals surface area contributed by atoms with Crippen molar-refractivity contribution in [3.8, 4) is 23.3 Å². The molecule has 30 heavy (non-hydrogen) atoms. The van der Waals surface area contributed by atoms with Gasteiger partial charge in [-0.25, -0.2) is 9.78 Å². The Balaban J connectivity index is 1.98. The lowest BCUT2D eigenvalue weighted by atomic mass is 10.3. The van der Waals surface area contributed by atoms with Gasteiger partial charge < -0.3 is 20.3 Å². The number of halogens is 1. The van der Waals surface area contributed by atoms with Crippen LogP contribution in [0.15, 0.2) is 53.0 Å². The predicted molar refractivity (Wildman–Crippen MR) is 112 cm³/mol. The van der Waals surface area contributed by atoms with Crippen molar-refractivity contribution in [2.45, 2.75) is 13.3 Å². The highest BCUT2D eigenvalue weighted by molar-refractivity contribution is 9.10.